The van der Waals surface area contributed by atoms with E-state index in [9.17, 15) is 17.6 Å². The second-order valence-corrected chi connectivity index (χ2v) is 8.21. The zero-order valence-corrected chi connectivity index (χ0v) is 17.7. The van der Waals surface area contributed by atoms with Crippen molar-refractivity contribution in [2.75, 3.05) is 33.4 Å². The molecule has 0 atom stereocenters. The molecule has 0 fully saturated rings. The maximum Gasteiger partial charge on any atom is 0.257 e. The molecule has 29 heavy (non-hydrogen) atoms. The molecule has 0 radical (unpaired) electrons. The minimum absolute atomic E-state index is 0.115. The van der Waals surface area contributed by atoms with Gasteiger partial charge in [-0.1, -0.05) is 19.9 Å². The molecule has 2 rings (SSSR count). The molecule has 1 aromatic heterocycles. The highest BCUT2D eigenvalue weighted by Crippen LogP contribution is 2.21. The average molecular weight is 424 g/mol. The number of ether oxygens (including phenoxy) is 1. The van der Waals surface area contributed by atoms with Gasteiger partial charge in [0.15, 0.2) is 0 Å². The molecule has 0 bridgehead atoms. The van der Waals surface area contributed by atoms with Gasteiger partial charge in [0, 0.05) is 32.9 Å². The summed E-state index contributed by atoms with van der Waals surface area (Å²) >= 11 is 0. The average Bonchev–Trinajstić information content (AvgIpc) is 2.72. The lowest BCUT2D eigenvalue weighted by atomic mass is 10.1. The Morgan fingerprint density at radius 3 is 2.48 bits per heavy atom. The highest BCUT2D eigenvalue weighted by molar-refractivity contribution is 7.89. The summed E-state index contributed by atoms with van der Waals surface area (Å²) in [4.78, 5) is 18.5. The smallest absolute Gasteiger partial charge is 0.257 e. The van der Waals surface area contributed by atoms with Crippen LogP contribution in [0.15, 0.2) is 47.5 Å². The highest BCUT2D eigenvalue weighted by Gasteiger charge is 2.26. The molecule has 1 amide bonds. The van der Waals surface area contributed by atoms with Crippen LogP contribution in [-0.2, 0) is 21.3 Å². The van der Waals surface area contributed by atoms with Gasteiger partial charge in [-0.3, -0.25) is 9.78 Å². The van der Waals surface area contributed by atoms with E-state index < -0.39 is 21.7 Å². The monoisotopic (exact) mass is 423 g/mol. The lowest BCUT2D eigenvalue weighted by Gasteiger charge is -2.23. The lowest BCUT2D eigenvalue weighted by molar-refractivity contribution is 0.0673. The van der Waals surface area contributed by atoms with Crippen molar-refractivity contribution in [3.05, 3.63) is 59.7 Å². The van der Waals surface area contributed by atoms with E-state index >= 15 is 0 Å². The summed E-state index contributed by atoms with van der Waals surface area (Å²) in [5.41, 5.74) is 0.328. The summed E-state index contributed by atoms with van der Waals surface area (Å²) in [7, 11) is -2.32. The summed E-state index contributed by atoms with van der Waals surface area (Å²) in [5.74, 6) is -1.40. The summed E-state index contributed by atoms with van der Waals surface area (Å²) in [6.07, 6.45) is 1.60. The normalized spacial score (nSPS) is 11.6. The lowest BCUT2D eigenvalue weighted by Crippen LogP contribution is -2.35. The van der Waals surface area contributed by atoms with E-state index in [-0.39, 0.29) is 43.2 Å². The molecule has 0 aliphatic heterocycles. The van der Waals surface area contributed by atoms with Gasteiger partial charge in [0.2, 0.25) is 10.0 Å². The number of hydrogen-bond donors (Lipinski definition) is 0. The quantitative estimate of drug-likeness (QED) is 0.587. The molecule has 0 N–H and O–H groups in total. The molecule has 0 aliphatic rings. The van der Waals surface area contributed by atoms with Crippen molar-refractivity contribution in [2.24, 2.45) is 0 Å². The fraction of sp³-hybridized carbons (Fsp3) is 0.400. The third-order valence-electron chi connectivity index (χ3n) is 4.44. The fourth-order valence-electron chi connectivity index (χ4n) is 2.85. The van der Waals surface area contributed by atoms with E-state index in [0.717, 1.165) is 12.1 Å². The number of amides is 1. The van der Waals surface area contributed by atoms with Gasteiger partial charge in [-0.05, 0) is 30.3 Å². The van der Waals surface area contributed by atoms with Crippen LogP contribution in [0.2, 0.25) is 0 Å². The van der Waals surface area contributed by atoms with E-state index in [1.54, 1.807) is 38.2 Å². The third kappa shape index (κ3) is 5.59. The van der Waals surface area contributed by atoms with Crippen LogP contribution in [0, 0.1) is 5.82 Å². The zero-order valence-electron chi connectivity index (χ0n) is 16.8. The standard InChI is InChI=1S/C20H26FN3O4S/c1-4-24(5-2)29(26,27)17-9-10-19(21)18(14-17)20(25)23(12-13-28-3)15-16-8-6-7-11-22-16/h6-11,14H,4-5,12-13,15H2,1-3H3. The second-order valence-electron chi connectivity index (χ2n) is 6.27. The van der Waals surface area contributed by atoms with Crippen molar-refractivity contribution >= 4 is 15.9 Å². The number of sulfonamides is 1. The summed E-state index contributed by atoms with van der Waals surface area (Å²) in [6, 6.07) is 8.59. The van der Waals surface area contributed by atoms with E-state index in [1.807, 2.05) is 0 Å². The minimum Gasteiger partial charge on any atom is -0.383 e. The van der Waals surface area contributed by atoms with Gasteiger partial charge in [0.05, 0.1) is 29.3 Å². The van der Waals surface area contributed by atoms with Crippen LogP contribution in [0.3, 0.4) is 0 Å². The number of pyridine rings is 1. The highest BCUT2D eigenvalue weighted by atomic mass is 32.2. The number of benzene rings is 1. The first-order valence-electron chi connectivity index (χ1n) is 9.32. The van der Waals surface area contributed by atoms with Crippen LogP contribution in [-0.4, -0.2) is 61.9 Å². The second kappa shape index (κ2) is 10.4. The van der Waals surface area contributed by atoms with E-state index in [4.69, 9.17) is 4.74 Å². The number of methoxy groups -OCH3 is 1. The van der Waals surface area contributed by atoms with E-state index in [0.29, 0.717) is 5.69 Å². The maximum atomic E-state index is 14.5. The van der Waals surface area contributed by atoms with Crippen LogP contribution in [0.5, 0.6) is 0 Å². The van der Waals surface area contributed by atoms with Crippen LogP contribution in [0.4, 0.5) is 4.39 Å². The van der Waals surface area contributed by atoms with Crippen molar-refractivity contribution < 1.29 is 22.3 Å². The number of rotatable bonds is 10. The summed E-state index contributed by atoms with van der Waals surface area (Å²) < 4.78 is 46.3. The van der Waals surface area contributed by atoms with Crippen molar-refractivity contribution in [1.29, 1.82) is 0 Å². The number of carbonyl (C=O) groups is 1. The molecule has 2 aromatic rings. The van der Waals surface area contributed by atoms with Gasteiger partial charge in [0.25, 0.3) is 5.91 Å². The van der Waals surface area contributed by atoms with Crippen molar-refractivity contribution in [3.8, 4) is 0 Å². The van der Waals surface area contributed by atoms with Crippen LogP contribution >= 0.6 is 0 Å². The Kier molecular flexibility index (Phi) is 8.24. The van der Waals surface area contributed by atoms with E-state index in [2.05, 4.69) is 4.98 Å². The molecule has 158 valence electrons. The van der Waals surface area contributed by atoms with Crippen molar-refractivity contribution in [3.63, 3.8) is 0 Å². The minimum atomic E-state index is -3.82. The first-order valence-corrected chi connectivity index (χ1v) is 10.8. The van der Waals surface area contributed by atoms with Gasteiger partial charge in [-0.15, -0.1) is 0 Å². The summed E-state index contributed by atoms with van der Waals surface area (Å²) in [6.45, 7) is 4.59. The van der Waals surface area contributed by atoms with Crippen LogP contribution in [0.1, 0.15) is 29.9 Å². The van der Waals surface area contributed by atoms with Crippen LogP contribution in [0.25, 0.3) is 0 Å². The Balaban J connectivity index is 2.40. The molecular weight excluding hydrogens is 397 g/mol. The van der Waals surface area contributed by atoms with Crippen molar-refractivity contribution in [2.45, 2.75) is 25.3 Å². The van der Waals surface area contributed by atoms with Gasteiger partial charge in [-0.25, -0.2) is 12.8 Å². The van der Waals surface area contributed by atoms with Crippen molar-refractivity contribution in [1.82, 2.24) is 14.2 Å². The zero-order chi connectivity index (χ0) is 21.4. The first-order chi connectivity index (χ1) is 13.8. The number of aromatic nitrogens is 1. The third-order valence-corrected chi connectivity index (χ3v) is 6.49. The number of halogens is 1. The van der Waals surface area contributed by atoms with E-state index in [1.165, 1.54) is 22.4 Å². The van der Waals surface area contributed by atoms with Gasteiger partial charge < -0.3 is 9.64 Å². The first kappa shape index (κ1) is 22.9. The molecule has 1 aromatic carbocycles. The Labute approximate surface area is 171 Å². The maximum absolute atomic E-state index is 14.5. The molecule has 7 nitrogen and oxygen atoms in total. The molecule has 0 unspecified atom stereocenters. The Bertz CT molecular complexity index is 919. The molecule has 0 saturated carbocycles. The van der Waals surface area contributed by atoms with Crippen LogP contribution < -0.4 is 0 Å². The Morgan fingerprint density at radius 2 is 1.90 bits per heavy atom. The van der Waals surface area contributed by atoms with Gasteiger partial charge in [0.1, 0.15) is 5.82 Å². The molecule has 0 aliphatic carbocycles. The number of nitrogens with zero attached hydrogens (tertiary/aromatic N) is 3. The van der Waals surface area contributed by atoms with Gasteiger partial charge >= 0.3 is 0 Å². The molecule has 0 saturated heterocycles. The summed E-state index contributed by atoms with van der Waals surface area (Å²) in [5, 5.41) is 0. The molecule has 1 heterocycles. The fourth-order valence-corrected chi connectivity index (χ4v) is 4.34. The largest absolute Gasteiger partial charge is 0.383 e. The topological polar surface area (TPSA) is 79.8 Å². The predicted octanol–water partition coefficient (Wildman–Crippen LogP) is 2.54. The predicted molar refractivity (Wildman–Crippen MR) is 107 cm³/mol. The molecule has 0 spiro atoms. The Hall–Kier alpha value is -2.36. The van der Waals surface area contributed by atoms with Gasteiger partial charge in [-0.2, -0.15) is 4.31 Å². The Morgan fingerprint density at radius 1 is 1.17 bits per heavy atom. The number of carbonyl (C=O) groups excluding carboxylic acids is 1. The molecular formula is C20H26FN3O4S. The molecule has 9 heteroatoms. The SMILES string of the molecule is CCN(CC)S(=O)(=O)c1ccc(F)c(C(=O)N(CCOC)Cc2ccccn2)c1. The number of hydrogen-bond acceptors (Lipinski definition) is 5.